The second kappa shape index (κ2) is 8.23. The lowest BCUT2D eigenvalue weighted by Crippen LogP contribution is -2.39. The van der Waals surface area contributed by atoms with Crippen molar-refractivity contribution in [1.82, 2.24) is 4.90 Å². The van der Waals surface area contributed by atoms with Crippen LogP contribution in [0.2, 0.25) is 0 Å². The van der Waals surface area contributed by atoms with Crippen LogP contribution in [0.25, 0.3) is 0 Å². The number of carbonyl (C=O) groups excluding carboxylic acids is 1. The van der Waals surface area contributed by atoms with Crippen LogP contribution in [0.5, 0.6) is 0 Å². The number of carbonyl (C=O) groups is 1. The van der Waals surface area contributed by atoms with E-state index in [4.69, 9.17) is 4.74 Å². The molecule has 1 aromatic rings. The fraction of sp³-hybridized carbons (Fsp3) is 0.632. The number of amides is 1. The largest absolute Gasteiger partial charge is 0.444 e. The van der Waals surface area contributed by atoms with Crippen LogP contribution < -0.4 is 5.32 Å². The summed E-state index contributed by atoms with van der Waals surface area (Å²) in [5.74, 6) is 0. The van der Waals surface area contributed by atoms with Crippen LogP contribution in [-0.2, 0) is 4.74 Å². The minimum atomic E-state index is -0.481. The Labute approximate surface area is 141 Å². The molecular formula is C19H32N2O2. The number of anilines is 1. The molecule has 0 unspecified atom stereocenters. The highest BCUT2D eigenvalue weighted by atomic mass is 16.6. The lowest BCUT2D eigenvalue weighted by Gasteiger charge is -2.32. The number of benzene rings is 1. The summed E-state index contributed by atoms with van der Waals surface area (Å²) in [7, 11) is 1.92. The van der Waals surface area contributed by atoms with Crippen molar-refractivity contribution < 1.29 is 9.53 Å². The van der Waals surface area contributed by atoms with Gasteiger partial charge in [0, 0.05) is 19.3 Å². The highest BCUT2D eigenvalue weighted by Crippen LogP contribution is 2.27. The number of aryl methyl sites for hydroxylation is 1. The third kappa shape index (κ3) is 5.77. The summed E-state index contributed by atoms with van der Waals surface area (Å²) >= 11 is 0. The Morgan fingerprint density at radius 2 is 2.00 bits per heavy atom. The number of hydrogen-bond acceptors (Lipinski definition) is 3. The average Bonchev–Trinajstić information content (AvgIpc) is 2.46. The Kier molecular flexibility index (Phi) is 6.92. The van der Waals surface area contributed by atoms with Gasteiger partial charge in [-0.25, -0.2) is 4.79 Å². The molecule has 0 spiro atoms. The zero-order valence-electron chi connectivity index (χ0n) is 15.7. The maximum atomic E-state index is 12.6. The molecule has 0 bridgehead atoms. The van der Waals surface area contributed by atoms with E-state index < -0.39 is 5.60 Å². The monoisotopic (exact) mass is 320 g/mol. The van der Waals surface area contributed by atoms with Gasteiger partial charge in [-0.2, -0.15) is 0 Å². The Hall–Kier alpha value is -1.71. The number of ether oxygens (including phenoxy) is 1. The summed E-state index contributed by atoms with van der Waals surface area (Å²) in [6, 6.07) is 6.27. The van der Waals surface area contributed by atoms with Crippen LogP contribution in [0.4, 0.5) is 10.5 Å². The molecule has 1 aromatic carbocycles. The van der Waals surface area contributed by atoms with Crippen LogP contribution in [0.3, 0.4) is 0 Å². The van der Waals surface area contributed by atoms with Crippen molar-refractivity contribution in [2.75, 3.05) is 18.9 Å². The van der Waals surface area contributed by atoms with E-state index in [1.165, 1.54) is 5.56 Å². The normalized spacial score (nSPS) is 12.7. The first kappa shape index (κ1) is 19.3. The Bertz CT molecular complexity index is 521. The van der Waals surface area contributed by atoms with Crippen molar-refractivity contribution in [3.8, 4) is 0 Å². The molecule has 0 saturated heterocycles. The molecule has 23 heavy (non-hydrogen) atoms. The molecule has 4 heteroatoms. The predicted octanol–water partition coefficient (Wildman–Crippen LogP) is 5.13. The summed E-state index contributed by atoms with van der Waals surface area (Å²) < 4.78 is 5.59. The van der Waals surface area contributed by atoms with Gasteiger partial charge in [-0.15, -0.1) is 0 Å². The lowest BCUT2D eigenvalue weighted by atomic mass is 10.0. The van der Waals surface area contributed by atoms with Crippen molar-refractivity contribution in [2.45, 2.75) is 66.0 Å². The van der Waals surface area contributed by atoms with E-state index in [2.05, 4.69) is 44.3 Å². The van der Waals surface area contributed by atoms with E-state index in [1.807, 2.05) is 32.7 Å². The Balaban J connectivity index is 3.03. The highest BCUT2D eigenvalue weighted by molar-refractivity contribution is 5.69. The molecule has 0 saturated carbocycles. The standard InChI is InChI=1S/C19H32N2O2/c1-8-9-12-21(18(22)23-19(4,5)6)15(3)16-11-10-14(2)17(13-16)20-7/h10-11,13,15,20H,8-9,12H2,1-7H3/t15-/m0/s1. The minimum absolute atomic E-state index is 0.0240. The van der Waals surface area contributed by atoms with Crippen molar-refractivity contribution in [3.63, 3.8) is 0 Å². The SMILES string of the molecule is CCCCN(C(=O)OC(C)(C)C)[C@@H](C)c1ccc(C)c(NC)c1. The molecule has 4 nitrogen and oxygen atoms in total. The van der Waals surface area contributed by atoms with Gasteiger partial charge in [0.05, 0.1) is 6.04 Å². The first-order valence-electron chi connectivity index (χ1n) is 8.47. The second-order valence-electron chi connectivity index (χ2n) is 7.03. The van der Waals surface area contributed by atoms with Gasteiger partial charge >= 0.3 is 6.09 Å². The van der Waals surface area contributed by atoms with Crippen molar-refractivity contribution in [2.24, 2.45) is 0 Å². The molecule has 1 rings (SSSR count). The second-order valence-corrected chi connectivity index (χ2v) is 7.03. The fourth-order valence-electron chi connectivity index (χ4n) is 2.44. The molecule has 0 radical (unpaired) electrons. The summed E-state index contributed by atoms with van der Waals surface area (Å²) in [5.41, 5.74) is 2.92. The number of nitrogens with zero attached hydrogens (tertiary/aromatic N) is 1. The molecule has 1 N–H and O–H groups in total. The maximum absolute atomic E-state index is 12.6. The molecule has 0 aliphatic carbocycles. The van der Waals surface area contributed by atoms with Gasteiger partial charge in [-0.1, -0.05) is 25.5 Å². The van der Waals surface area contributed by atoms with Crippen molar-refractivity contribution >= 4 is 11.8 Å². The van der Waals surface area contributed by atoms with E-state index >= 15 is 0 Å². The number of unbranched alkanes of at least 4 members (excludes halogenated alkanes) is 1. The van der Waals surface area contributed by atoms with Crippen molar-refractivity contribution in [1.29, 1.82) is 0 Å². The summed E-state index contributed by atoms with van der Waals surface area (Å²) in [5, 5.41) is 3.21. The van der Waals surface area contributed by atoms with E-state index in [0.29, 0.717) is 6.54 Å². The van der Waals surface area contributed by atoms with Gasteiger partial charge in [-0.3, -0.25) is 0 Å². The van der Waals surface area contributed by atoms with E-state index in [0.717, 1.165) is 24.1 Å². The number of rotatable bonds is 6. The van der Waals surface area contributed by atoms with Crippen LogP contribution in [0.1, 0.15) is 64.6 Å². The van der Waals surface area contributed by atoms with Crippen LogP contribution in [0, 0.1) is 6.92 Å². The Morgan fingerprint density at radius 1 is 1.35 bits per heavy atom. The van der Waals surface area contributed by atoms with Crippen LogP contribution in [-0.4, -0.2) is 30.2 Å². The highest BCUT2D eigenvalue weighted by Gasteiger charge is 2.26. The molecule has 1 amide bonds. The smallest absolute Gasteiger partial charge is 0.410 e. The molecular weight excluding hydrogens is 288 g/mol. The Morgan fingerprint density at radius 3 is 2.52 bits per heavy atom. The number of hydrogen-bond donors (Lipinski definition) is 1. The minimum Gasteiger partial charge on any atom is -0.444 e. The molecule has 130 valence electrons. The summed E-state index contributed by atoms with van der Waals surface area (Å²) in [6.45, 7) is 12.7. The van der Waals surface area contributed by atoms with E-state index in [1.54, 1.807) is 0 Å². The van der Waals surface area contributed by atoms with Gasteiger partial charge in [0.2, 0.25) is 0 Å². The predicted molar refractivity (Wildman–Crippen MR) is 97.0 cm³/mol. The third-order valence-corrected chi connectivity index (χ3v) is 3.86. The lowest BCUT2D eigenvalue weighted by molar-refractivity contribution is 0.0170. The molecule has 0 fully saturated rings. The average molecular weight is 320 g/mol. The van der Waals surface area contributed by atoms with Gasteiger partial charge < -0.3 is 15.0 Å². The van der Waals surface area contributed by atoms with E-state index in [9.17, 15) is 4.79 Å². The van der Waals surface area contributed by atoms with Gasteiger partial charge in [0.15, 0.2) is 0 Å². The third-order valence-electron chi connectivity index (χ3n) is 3.86. The number of nitrogens with one attached hydrogen (secondary N) is 1. The molecule has 1 atom stereocenters. The zero-order chi connectivity index (χ0) is 17.6. The quantitative estimate of drug-likeness (QED) is 0.789. The summed E-state index contributed by atoms with van der Waals surface area (Å²) in [4.78, 5) is 14.4. The first-order chi connectivity index (χ1) is 10.7. The summed E-state index contributed by atoms with van der Waals surface area (Å²) in [6.07, 6.45) is 1.76. The van der Waals surface area contributed by atoms with Gasteiger partial charge in [-0.05, 0) is 58.2 Å². The van der Waals surface area contributed by atoms with E-state index in [-0.39, 0.29) is 12.1 Å². The topological polar surface area (TPSA) is 41.6 Å². The van der Waals surface area contributed by atoms with Crippen LogP contribution in [0.15, 0.2) is 18.2 Å². The molecule has 0 aliphatic rings. The molecule has 0 aliphatic heterocycles. The fourth-order valence-corrected chi connectivity index (χ4v) is 2.44. The maximum Gasteiger partial charge on any atom is 0.410 e. The van der Waals surface area contributed by atoms with Gasteiger partial charge in [0.25, 0.3) is 0 Å². The van der Waals surface area contributed by atoms with Crippen LogP contribution >= 0.6 is 0 Å². The zero-order valence-corrected chi connectivity index (χ0v) is 15.7. The molecule has 0 aromatic heterocycles. The van der Waals surface area contributed by atoms with Crippen molar-refractivity contribution in [3.05, 3.63) is 29.3 Å². The van der Waals surface area contributed by atoms with Gasteiger partial charge in [0.1, 0.15) is 5.60 Å². The molecule has 0 heterocycles. The first-order valence-corrected chi connectivity index (χ1v) is 8.47.